The maximum Gasteiger partial charge on any atom is 0.231 e. The fraction of sp³-hybridized carbons (Fsp3) is 0.214. The molecule has 94 valence electrons. The highest BCUT2D eigenvalue weighted by molar-refractivity contribution is 6.00. The van der Waals surface area contributed by atoms with Gasteiger partial charge in [-0.1, -0.05) is 12.1 Å². The molecule has 0 aliphatic carbocycles. The Bertz CT molecular complexity index is 669. The number of anilines is 1. The highest BCUT2D eigenvalue weighted by Gasteiger charge is 2.25. The first-order valence-electron chi connectivity index (χ1n) is 5.99. The number of rotatable bonds is 2. The second-order valence-corrected chi connectivity index (χ2v) is 4.55. The van der Waals surface area contributed by atoms with Crippen molar-refractivity contribution in [3.63, 3.8) is 0 Å². The molecule has 5 heteroatoms. The summed E-state index contributed by atoms with van der Waals surface area (Å²) in [6.07, 6.45) is 3.73. The van der Waals surface area contributed by atoms with Crippen LogP contribution in [0.15, 0.2) is 30.6 Å². The maximum atomic E-state index is 11.7. The van der Waals surface area contributed by atoms with Gasteiger partial charge in [-0.25, -0.2) is 4.98 Å². The van der Waals surface area contributed by atoms with Gasteiger partial charge in [0.05, 0.1) is 12.5 Å². The Morgan fingerprint density at radius 2 is 2.37 bits per heavy atom. The van der Waals surface area contributed by atoms with Crippen LogP contribution in [0.25, 0.3) is 0 Å². The van der Waals surface area contributed by atoms with Gasteiger partial charge in [-0.15, -0.1) is 0 Å². The standard InChI is InChI=1S/C14H12N4O/c1-18-12-3-2-9(6-10(12)7-13(18)19)11(8-15)14-16-4-5-17-14/h2-6,11H,7H2,1H3,(H,16,17). The van der Waals surface area contributed by atoms with Crippen molar-refractivity contribution in [3.05, 3.63) is 47.5 Å². The Morgan fingerprint density at radius 3 is 3.05 bits per heavy atom. The molecule has 0 spiro atoms. The molecule has 2 aromatic rings. The number of carbonyl (C=O) groups is 1. The summed E-state index contributed by atoms with van der Waals surface area (Å²) in [6.45, 7) is 0. The summed E-state index contributed by atoms with van der Waals surface area (Å²) in [5, 5.41) is 9.32. The Kier molecular flexibility index (Phi) is 2.57. The number of aromatic amines is 1. The van der Waals surface area contributed by atoms with Crippen molar-refractivity contribution in [2.75, 3.05) is 11.9 Å². The summed E-state index contributed by atoms with van der Waals surface area (Å²) >= 11 is 0. The van der Waals surface area contributed by atoms with Crippen LogP contribution in [0.3, 0.4) is 0 Å². The van der Waals surface area contributed by atoms with Gasteiger partial charge in [-0.3, -0.25) is 4.79 Å². The number of hydrogen-bond donors (Lipinski definition) is 1. The van der Waals surface area contributed by atoms with Crippen LogP contribution in [0.1, 0.15) is 22.9 Å². The molecule has 3 rings (SSSR count). The number of carbonyl (C=O) groups excluding carboxylic acids is 1. The fourth-order valence-electron chi connectivity index (χ4n) is 2.40. The molecule has 1 amide bonds. The molecular weight excluding hydrogens is 240 g/mol. The average molecular weight is 252 g/mol. The lowest BCUT2D eigenvalue weighted by atomic mass is 9.97. The first-order chi connectivity index (χ1) is 9.20. The first-order valence-corrected chi connectivity index (χ1v) is 5.99. The second kappa shape index (κ2) is 4.25. The zero-order valence-corrected chi connectivity index (χ0v) is 10.4. The minimum atomic E-state index is -0.429. The van der Waals surface area contributed by atoms with Crippen LogP contribution in [-0.4, -0.2) is 22.9 Å². The van der Waals surface area contributed by atoms with Crippen molar-refractivity contribution < 1.29 is 4.79 Å². The number of nitrogens with one attached hydrogen (secondary N) is 1. The Labute approximate surface area is 110 Å². The molecular formula is C14H12N4O. The lowest BCUT2D eigenvalue weighted by Crippen LogP contribution is -2.20. The number of imidazole rings is 1. The molecule has 1 aliphatic heterocycles. The van der Waals surface area contributed by atoms with E-state index >= 15 is 0 Å². The molecule has 2 heterocycles. The number of nitrogens with zero attached hydrogens (tertiary/aromatic N) is 3. The van der Waals surface area contributed by atoms with Crippen LogP contribution < -0.4 is 4.90 Å². The molecule has 5 nitrogen and oxygen atoms in total. The van der Waals surface area contributed by atoms with Crippen molar-refractivity contribution in [2.45, 2.75) is 12.3 Å². The smallest absolute Gasteiger partial charge is 0.231 e. The van der Waals surface area contributed by atoms with Crippen LogP contribution in [0.2, 0.25) is 0 Å². The molecule has 1 N–H and O–H groups in total. The Balaban J connectivity index is 2.02. The molecule has 19 heavy (non-hydrogen) atoms. The first kappa shape index (κ1) is 11.5. The number of benzene rings is 1. The number of aromatic nitrogens is 2. The van der Waals surface area contributed by atoms with Crippen LogP contribution in [-0.2, 0) is 11.2 Å². The highest BCUT2D eigenvalue weighted by Crippen LogP contribution is 2.31. The number of likely N-dealkylation sites (N-methyl/N-ethyl adjacent to an activating group) is 1. The van der Waals surface area contributed by atoms with E-state index in [1.807, 2.05) is 18.2 Å². The molecule has 0 fully saturated rings. The normalized spacial score (nSPS) is 15.2. The quantitative estimate of drug-likeness (QED) is 0.882. The molecule has 1 aromatic carbocycles. The van der Waals surface area contributed by atoms with Gasteiger partial charge in [0.2, 0.25) is 5.91 Å². The van der Waals surface area contributed by atoms with E-state index in [4.69, 9.17) is 0 Å². The molecule has 1 aromatic heterocycles. The van der Waals surface area contributed by atoms with E-state index in [0.29, 0.717) is 12.2 Å². The van der Waals surface area contributed by atoms with E-state index in [0.717, 1.165) is 16.8 Å². The third-order valence-electron chi connectivity index (χ3n) is 3.44. The molecule has 1 unspecified atom stereocenters. The Morgan fingerprint density at radius 1 is 1.53 bits per heavy atom. The SMILES string of the molecule is CN1C(=O)Cc2cc(C(C#N)c3ncc[nH]3)ccc21. The molecule has 0 bridgehead atoms. The van der Waals surface area contributed by atoms with Crippen molar-refractivity contribution >= 4 is 11.6 Å². The van der Waals surface area contributed by atoms with Crippen LogP contribution >= 0.6 is 0 Å². The summed E-state index contributed by atoms with van der Waals surface area (Å²) in [6, 6.07) is 7.94. The van der Waals surface area contributed by atoms with Crippen LogP contribution in [0, 0.1) is 11.3 Å². The van der Waals surface area contributed by atoms with Crippen LogP contribution in [0.5, 0.6) is 0 Å². The van der Waals surface area contributed by atoms with E-state index in [1.54, 1.807) is 24.3 Å². The molecule has 1 aliphatic rings. The molecule has 0 saturated carbocycles. The average Bonchev–Trinajstić information content (AvgIpc) is 3.01. The van der Waals surface area contributed by atoms with Gasteiger partial charge in [0.25, 0.3) is 0 Å². The van der Waals surface area contributed by atoms with Gasteiger partial charge in [-0.2, -0.15) is 5.26 Å². The summed E-state index contributed by atoms with van der Waals surface area (Å²) in [7, 11) is 1.77. The predicted octanol–water partition coefficient (Wildman–Crippen LogP) is 1.58. The van der Waals surface area contributed by atoms with Gasteiger partial charge in [-0.05, 0) is 17.2 Å². The third-order valence-corrected chi connectivity index (χ3v) is 3.44. The lowest BCUT2D eigenvalue weighted by Gasteiger charge is -2.12. The van der Waals surface area contributed by atoms with Gasteiger partial charge >= 0.3 is 0 Å². The van der Waals surface area contributed by atoms with Gasteiger partial charge in [0, 0.05) is 25.1 Å². The van der Waals surface area contributed by atoms with E-state index in [-0.39, 0.29) is 5.91 Å². The summed E-state index contributed by atoms with van der Waals surface area (Å²) < 4.78 is 0. The number of H-pyrrole nitrogens is 1. The topological polar surface area (TPSA) is 72.8 Å². The number of amides is 1. The van der Waals surface area contributed by atoms with Crippen LogP contribution in [0.4, 0.5) is 5.69 Å². The van der Waals surface area contributed by atoms with Crippen molar-refractivity contribution in [3.8, 4) is 6.07 Å². The predicted molar refractivity (Wildman–Crippen MR) is 69.6 cm³/mol. The van der Waals surface area contributed by atoms with E-state index < -0.39 is 5.92 Å². The highest BCUT2D eigenvalue weighted by atomic mass is 16.2. The molecule has 1 atom stereocenters. The fourth-order valence-corrected chi connectivity index (χ4v) is 2.40. The third kappa shape index (κ3) is 1.78. The minimum absolute atomic E-state index is 0.0821. The van der Waals surface area contributed by atoms with Crippen molar-refractivity contribution in [2.24, 2.45) is 0 Å². The van der Waals surface area contributed by atoms with Gasteiger partial charge in [0.1, 0.15) is 11.7 Å². The lowest BCUT2D eigenvalue weighted by molar-refractivity contribution is -0.117. The number of nitriles is 1. The number of fused-ring (bicyclic) bond motifs is 1. The van der Waals surface area contributed by atoms with Crippen molar-refractivity contribution in [1.29, 1.82) is 5.26 Å². The monoisotopic (exact) mass is 252 g/mol. The van der Waals surface area contributed by atoms with E-state index in [1.165, 1.54) is 0 Å². The summed E-state index contributed by atoms with van der Waals surface area (Å²) in [5.74, 6) is 0.278. The van der Waals surface area contributed by atoms with E-state index in [2.05, 4.69) is 16.0 Å². The summed E-state index contributed by atoms with van der Waals surface area (Å²) in [5.41, 5.74) is 2.75. The van der Waals surface area contributed by atoms with Crippen molar-refractivity contribution in [1.82, 2.24) is 9.97 Å². The van der Waals surface area contributed by atoms with Gasteiger partial charge < -0.3 is 9.88 Å². The molecule has 0 radical (unpaired) electrons. The zero-order chi connectivity index (χ0) is 13.4. The maximum absolute atomic E-state index is 11.7. The zero-order valence-electron chi connectivity index (χ0n) is 10.4. The Hall–Kier alpha value is -2.61. The summed E-state index contributed by atoms with van der Waals surface area (Å²) in [4.78, 5) is 20.4. The van der Waals surface area contributed by atoms with E-state index in [9.17, 15) is 10.1 Å². The largest absolute Gasteiger partial charge is 0.347 e. The van der Waals surface area contributed by atoms with Gasteiger partial charge in [0.15, 0.2) is 0 Å². The minimum Gasteiger partial charge on any atom is -0.347 e. The number of hydrogen-bond acceptors (Lipinski definition) is 3. The molecule has 0 saturated heterocycles. The second-order valence-electron chi connectivity index (χ2n) is 4.55.